The van der Waals surface area contributed by atoms with Gasteiger partial charge in [0.15, 0.2) is 0 Å². The molecule has 2 aliphatic rings. The molecule has 1 aliphatic heterocycles. The lowest BCUT2D eigenvalue weighted by atomic mass is 9.96. The quantitative estimate of drug-likeness (QED) is 0.466. The first-order valence-electron chi connectivity index (χ1n) is 12.5. The zero-order valence-electron chi connectivity index (χ0n) is 20.2. The fourth-order valence-electron chi connectivity index (χ4n) is 4.92. The first-order valence-corrected chi connectivity index (χ1v) is 13.7. The van der Waals surface area contributed by atoms with Crippen LogP contribution in [0.3, 0.4) is 0 Å². The number of H-pyrrole nitrogens is 1. The second-order valence-electron chi connectivity index (χ2n) is 9.35. The van der Waals surface area contributed by atoms with Crippen LogP contribution in [0.1, 0.15) is 47.5 Å². The van der Waals surface area contributed by atoms with E-state index in [2.05, 4.69) is 32.3 Å². The highest BCUT2D eigenvalue weighted by Crippen LogP contribution is 2.26. The molecule has 2 fully saturated rings. The summed E-state index contributed by atoms with van der Waals surface area (Å²) >= 11 is 7.32. The van der Waals surface area contributed by atoms with Crippen molar-refractivity contribution in [1.29, 1.82) is 0 Å². The van der Waals surface area contributed by atoms with E-state index in [1.807, 2.05) is 17.0 Å². The maximum atomic E-state index is 13.3. The zero-order valence-corrected chi connectivity index (χ0v) is 21.7. The first-order chi connectivity index (χ1) is 17.6. The number of piperazine rings is 1. The van der Waals surface area contributed by atoms with E-state index >= 15 is 0 Å². The Hall–Kier alpha value is -3.04. The summed E-state index contributed by atoms with van der Waals surface area (Å²) in [6, 6.07) is 11.8. The molecule has 3 amide bonds. The molecule has 2 N–H and O–H groups in total. The van der Waals surface area contributed by atoms with Crippen LogP contribution in [0.15, 0.2) is 48.9 Å². The van der Waals surface area contributed by atoms with E-state index in [0.717, 1.165) is 43.0 Å². The predicted molar refractivity (Wildman–Crippen MR) is 144 cm³/mol. The van der Waals surface area contributed by atoms with Crippen LogP contribution in [0.5, 0.6) is 0 Å². The number of urea groups is 1. The van der Waals surface area contributed by atoms with Crippen LogP contribution >= 0.6 is 22.9 Å². The summed E-state index contributed by atoms with van der Waals surface area (Å²) in [5, 5.41) is 3.24. The van der Waals surface area contributed by atoms with Crippen molar-refractivity contribution in [3.8, 4) is 0 Å². The van der Waals surface area contributed by atoms with Gasteiger partial charge in [0.05, 0.1) is 27.8 Å². The molecule has 36 heavy (non-hydrogen) atoms. The van der Waals surface area contributed by atoms with Crippen LogP contribution in [0.2, 0.25) is 4.34 Å². The smallest absolute Gasteiger partial charge is 0.322 e. The van der Waals surface area contributed by atoms with Gasteiger partial charge in [0.2, 0.25) is 0 Å². The summed E-state index contributed by atoms with van der Waals surface area (Å²) in [5.41, 5.74) is 2.80. The Balaban J connectivity index is 1.23. The highest BCUT2D eigenvalue weighted by Gasteiger charge is 2.25. The molecule has 1 aliphatic carbocycles. The van der Waals surface area contributed by atoms with Crippen LogP contribution in [-0.2, 0) is 6.54 Å². The van der Waals surface area contributed by atoms with Crippen molar-refractivity contribution in [2.45, 2.75) is 44.7 Å². The first kappa shape index (κ1) is 24.6. The summed E-state index contributed by atoms with van der Waals surface area (Å²) in [7, 11) is 0. The van der Waals surface area contributed by atoms with Crippen LogP contribution < -0.4 is 15.1 Å². The van der Waals surface area contributed by atoms with Crippen molar-refractivity contribution in [2.24, 2.45) is 0 Å². The van der Waals surface area contributed by atoms with Gasteiger partial charge < -0.3 is 20.1 Å². The van der Waals surface area contributed by atoms with Crippen LogP contribution in [0, 0.1) is 0 Å². The van der Waals surface area contributed by atoms with Crippen LogP contribution in [0.4, 0.5) is 16.2 Å². The van der Waals surface area contributed by atoms with E-state index in [4.69, 9.17) is 11.6 Å². The number of halogens is 1. The minimum Gasteiger partial charge on any atom is -0.368 e. The number of carbonyl (C=O) groups is 2. The van der Waals surface area contributed by atoms with E-state index in [-0.39, 0.29) is 18.0 Å². The third-order valence-corrected chi connectivity index (χ3v) is 8.16. The third kappa shape index (κ3) is 5.84. The molecule has 1 saturated carbocycles. The lowest BCUT2D eigenvalue weighted by molar-refractivity contribution is 0.0751. The Labute approximate surface area is 220 Å². The molecule has 1 saturated heterocycles. The lowest BCUT2D eigenvalue weighted by Gasteiger charge is -2.36. The van der Waals surface area contributed by atoms with E-state index in [9.17, 15) is 9.59 Å². The molecule has 10 heteroatoms. The topological polar surface area (TPSA) is 84.6 Å². The molecule has 0 unspecified atom stereocenters. The van der Waals surface area contributed by atoms with Gasteiger partial charge in [0.25, 0.3) is 5.91 Å². The normalized spacial score (nSPS) is 16.7. The molecular weight excluding hydrogens is 496 g/mol. The number of hydrogen-bond acceptors (Lipinski definition) is 5. The molecule has 2 aromatic heterocycles. The van der Waals surface area contributed by atoms with Gasteiger partial charge in [-0.1, -0.05) is 30.9 Å². The van der Waals surface area contributed by atoms with Gasteiger partial charge >= 0.3 is 6.03 Å². The lowest BCUT2D eigenvalue weighted by Crippen LogP contribution is -2.48. The number of hydrogen-bond donors (Lipinski definition) is 2. The molecule has 0 bridgehead atoms. The van der Waals surface area contributed by atoms with Crippen molar-refractivity contribution in [3.63, 3.8) is 0 Å². The van der Waals surface area contributed by atoms with Gasteiger partial charge in [-0.2, -0.15) is 0 Å². The number of benzene rings is 1. The Kier molecular flexibility index (Phi) is 7.77. The van der Waals surface area contributed by atoms with E-state index in [1.54, 1.807) is 29.6 Å². The number of amides is 3. The average molecular weight is 527 g/mol. The number of aromatic nitrogens is 2. The summed E-state index contributed by atoms with van der Waals surface area (Å²) < 4.78 is 0.631. The van der Waals surface area contributed by atoms with Gasteiger partial charge in [0.1, 0.15) is 0 Å². The Morgan fingerprint density at radius 1 is 1.06 bits per heavy atom. The number of carbonyl (C=O) groups excluding carboxylic acids is 2. The van der Waals surface area contributed by atoms with Crippen LogP contribution in [0.25, 0.3) is 0 Å². The molecule has 190 valence electrons. The summed E-state index contributed by atoms with van der Waals surface area (Å²) in [5.74, 6) is 0.0420. The number of thiophene rings is 1. The summed E-state index contributed by atoms with van der Waals surface area (Å²) in [6.45, 7) is 3.25. The molecule has 3 aromatic rings. The third-order valence-electron chi connectivity index (χ3n) is 6.94. The number of aromatic amines is 1. The van der Waals surface area contributed by atoms with Crippen molar-refractivity contribution in [3.05, 3.63) is 63.8 Å². The predicted octanol–water partition coefficient (Wildman–Crippen LogP) is 5.14. The summed E-state index contributed by atoms with van der Waals surface area (Å²) in [6.07, 6.45) is 9.04. The minimum atomic E-state index is -0.0787. The van der Waals surface area contributed by atoms with Crippen molar-refractivity contribution in [1.82, 2.24) is 20.2 Å². The average Bonchev–Trinajstić information content (AvgIpc) is 3.59. The molecule has 8 nitrogen and oxygen atoms in total. The molecule has 5 rings (SSSR count). The molecule has 0 radical (unpaired) electrons. The van der Waals surface area contributed by atoms with Gasteiger partial charge in [-0.3, -0.25) is 9.69 Å². The highest BCUT2D eigenvalue weighted by molar-refractivity contribution is 7.17. The molecule has 0 atom stereocenters. The number of rotatable bonds is 6. The molecular formula is C26H31ClN6O2S. The number of imidazole rings is 1. The minimum absolute atomic E-state index is 0.0420. The van der Waals surface area contributed by atoms with E-state index < -0.39 is 0 Å². The van der Waals surface area contributed by atoms with Gasteiger partial charge in [0, 0.05) is 49.8 Å². The SMILES string of the molecule is O=C(c1ccc(Cl)s1)N1CCN(c2ccc(N(Cc3cnc[nH]3)C(=O)NC3CCCCC3)cc2)CC1. The Morgan fingerprint density at radius 3 is 2.44 bits per heavy atom. The van der Waals surface area contributed by atoms with Gasteiger partial charge in [-0.05, 0) is 49.2 Å². The maximum absolute atomic E-state index is 13.3. The van der Waals surface area contributed by atoms with Crippen LogP contribution in [-0.4, -0.2) is 59.0 Å². The largest absolute Gasteiger partial charge is 0.368 e. The van der Waals surface area contributed by atoms with Crippen molar-refractivity contribution < 1.29 is 9.59 Å². The molecule has 0 spiro atoms. The standard InChI is InChI=1S/C26H31ClN6O2S/c27-24-11-10-23(36-24)25(34)32-14-12-31(13-15-32)21-6-8-22(9-7-21)33(17-20-16-28-18-29-20)26(35)30-19-4-2-1-3-5-19/h6-11,16,18-19H,1-5,12-15,17H2,(H,28,29)(H,30,35). The Bertz CT molecular complexity index is 1150. The van der Waals surface area contributed by atoms with Crippen molar-refractivity contribution in [2.75, 3.05) is 36.0 Å². The highest BCUT2D eigenvalue weighted by atomic mass is 35.5. The monoisotopic (exact) mass is 526 g/mol. The van der Waals surface area contributed by atoms with Gasteiger partial charge in [-0.25, -0.2) is 9.78 Å². The fourth-order valence-corrected chi connectivity index (χ4v) is 5.93. The van der Waals surface area contributed by atoms with E-state index in [0.29, 0.717) is 28.8 Å². The molecule has 1 aromatic carbocycles. The zero-order chi connectivity index (χ0) is 24.9. The molecule has 3 heterocycles. The number of nitrogens with one attached hydrogen (secondary N) is 2. The summed E-state index contributed by atoms with van der Waals surface area (Å²) in [4.78, 5) is 39.8. The second kappa shape index (κ2) is 11.3. The second-order valence-corrected chi connectivity index (χ2v) is 11.1. The van der Waals surface area contributed by atoms with E-state index in [1.165, 1.54) is 30.6 Å². The number of anilines is 2. The number of nitrogens with zero attached hydrogens (tertiary/aromatic N) is 4. The van der Waals surface area contributed by atoms with Gasteiger partial charge in [-0.15, -0.1) is 11.3 Å². The maximum Gasteiger partial charge on any atom is 0.322 e. The Morgan fingerprint density at radius 2 is 1.81 bits per heavy atom. The fraction of sp³-hybridized carbons (Fsp3) is 0.423. The van der Waals surface area contributed by atoms with Crippen molar-refractivity contribution >= 4 is 46.3 Å².